The van der Waals surface area contributed by atoms with Gasteiger partial charge >= 0.3 is 0 Å². The Balaban J connectivity index is 1.35. The number of imidazole rings is 1. The summed E-state index contributed by atoms with van der Waals surface area (Å²) in [7, 11) is 0. The standard InChI is InChI=1S/C24H24N4O2/c1-2-3-14-30-20-11-9-19(10-12-20)24(29)26-16-18-8-13-23(25-15-18)28-17-27-21-6-4-5-7-22(21)28/h4-13,15,17H,2-3,14,16H2,1H3,(H,26,29). The van der Waals surface area contributed by atoms with Crippen molar-refractivity contribution in [3.63, 3.8) is 0 Å². The number of aromatic nitrogens is 3. The highest BCUT2D eigenvalue weighted by molar-refractivity contribution is 5.94. The predicted molar refractivity (Wildman–Crippen MR) is 117 cm³/mol. The number of pyridine rings is 1. The number of rotatable bonds is 8. The average Bonchev–Trinajstić information content (AvgIpc) is 3.23. The summed E-state index contributed by atoms with van der Waals surface area (Å²) in [6.45, 7) is 3.23. The van der Waals surface area contributed by atoms with Gasteiger partial charge in [-0.25, -0.2) is 9.97 Å². The minimum atomic E-state index is -0.125. The van der Waals surface area contributed by atoms with E-state index in [1.54, 1.807) is 24.7 Å². The number of carbonyl (C=O) groups is 1. The van der Waals surface area contributed by atoms with Gasteiger partial charge in [0, 0.05) is 18.3 Å². The molecule has 0 aliphatic heterocycles. The number of para-hydroxylation sites is 2. The molecule has 4 rings (SSSR count). The van der Waals surface area contributed by atoms with Crippen LogP contribution in [0.3, 0.4) is 0 Å². The Morgan fingerprint density at radius 1 is 1.03 bits per heavy atom. The van der Waals surface area contributed by atoms with Crippen molar-refractivity contribution in [2.24, 2.45) is 0 Å². The molecule has 0 radical (unpaired) electrons. The van der Waals surface area contributed by atoms with Crippen molar-refractivity contribution in [2.75, 3.05) is 6.61 Å². The molecular formula is C24H24N4O2. The summed E-state index contributed by atoms with van der Waals surface area (Å²) < 4.78 is 7.58. The van der Waals surface area contributed by atoms with Gasteiger partial charge in [-0.15, -0.1) is 0 Å². The van der Waals surface area contributed by atoms with Crippen molar-refractivity contribution in [1.29, 1.82) is 0 Å². The molecule has 0 aliphatic carbocycles. The molecule has 6 heteroatoms. The van der Waals surface area contributed by atoms with Crippen molar-refractivity contribution < 1.29 is 9.53 Å². The Morgan fingerprint density at radius 3 is 2.63 bits per heavy atom. The van der Waals surface area contributed by atoms with E-state index in [4.69, 9.17) is 4.74 Å². The Labute approximate surface area is 175 Å². The van der Waals surface area contributed by atoms with Crippen molar-refractivity contribution >= 4 is 16.9 Å². The van der Waals surface area contributed by atoms with Gasteiger partial charge in [-0.1, -0.05) is 31.5 Å². The number of unbranched alkanes of at least 4 members (excludes halogenated alkanes) is 1. The highest BCUT2D eigenvalue weighted by atomic mass is 16.5. The number of ether oxygens (including phenoxy) is 1. The number of nitrogens with zero attached hydrogens (tertiary/aromatic N) is 3. The highest BCUT2D eigenvalue weighted by Gasteiger charge is 2.08. The molecule has 6 nitrogen and oxygen atoms in total. The number of hydrogen-bond donors (Lipinski definition) is 1. The lowest BCUT2D eigenvalue weighted by atomic mass is 10.2. The van der Waals surface area contributed by atoms with Crippen molar-refractivity contribution in [1.82, 2.24) is 19.9 Å². The van der Waals surface area contributed by atoms with Crippen LogP contribution >= 0.6 is 0 Å². The maximum absolute atomic E-state index is 12.4. The van der Waals surface area contributed by atoms with Gasteiger partial charge in [-0.05, 0) is 54.4 Å². The summed E-state index contributed by atoms with van der Waals surface area (Å²) >= 11 is 0. The summed E-state index contributed by atoms with van der Waals surface area (Å²) in [5, 5.41) is 2.93. The Hall–Kier alpha value is -3.67. The molecule has 0 saturated carbocycles. The van der Waals surface area contributed by atoms with E-state index < -0.39 is 0 Å². The number of fused-ring (bicyclic) bond motifs is 1. The van der Waals surface area contributed by atoms with Crippen molar-refractivity contribution in [3.05, 3.63) is 84.3 Å². The first kappa shape index (κ1) is 19.6. The predicted octanol–water partition coefficient (Wildman–Crippen LogP) is 4.53. The second-order valence-corrected chi connectivity index (χ2v) is 7.04. The van der Waals surface area contributed by atoms with Gasteiger partial charge in [-0.2, -0.15) is 0 Å². The van der Waals surface area contributed by atoms with Gasteiger partial charge < -0.3 is 10.1 Å². The number of hydrogen-bond acceptors (Lipinski definition) is 4. The summed E-state index contributed by atoms with van der Waals surface area (Å²) in [6, 6.07) is 19.0. The van der Waals surface area contributed by atoms with Crippen LogP contribution in [0.25, 0.3) is 16.9 Å². The van der Waals surface area contributed by atoms with E-state index in [9.17, 15) is 4.79 Å². The zero-order chi connectivity index (χ0) is 20.8. The lowest BCUT2D eigenvalue weighted by Gasteiger charge is -2.08. The molecule has 0 unspecified atom stereocenters. The van der Waals surface area contributed by atoms with E-state index in [1.807, 2.05) is 53.1 Å². The van der Waals surface area contributed by atoms with E-state index in [2.05, 4.69) is 22.2 Å². The van der Waals surface area contributed by atoms with E-state index in [0.717, 1.165) is 41.0 Å². The van der Waals surface area contributed by atoms with Crippen LogP contribution in [0.1, 0.15) is 35.7 Å². The quantitative estimate of drug-likeness (QED) is 0.441. The first-order valence-electron chi connectivity index (χ1n) is 10.1. The molecule has 0 saturated heterocycles. The van der Waals surface area contributed by atoms with E-state index in [-0.39, 0.29) is 5.91 Å². The molecule has 0 bridgehead atoms. The third-order valence-electron chi connectivity index (χ3n) is 4.85. The number of nitrogens with one attached hydrogen (secondary N) is 1. The molecule has 2 heterocycles. The summed E-state index contributed by atoms with van der Waals surface area (Å²) in [4.78, 5) is 21.3. The minimum Gasteiger partial charge on any atom is -0.494 e. The number of amides is 1. The Kier molecular flexibility index (Phi) is 6.03. The molecule has 152 valence electrons. The molecule has 2 aromatic carbocycles. The third-order valence-corrected chi connectivity index (χ3v) is 4.85. The Morgan fingerprint density at radius 2 is 1.87 bits per heavy atom. The topological polar surface area (TPSA) is 69.0 Å². The van der Waals surface area contributed by atoms with E-state index in [0.29, 0.717) is 18.7 Å². The molecular weight excluding hydrogens is 376 g/mol. The molecule has 30 heavy (non-hydrogen) atoms. The lowest BCUT2D eigenvalue weighted by molar-refractivity contribution is 0.0951. The Bertz CT molecular complexity index is 1120. The maximum atomic E-state index is 12.4. The first-order chi connectivity index (χ1) is 14.7. The molecule has 0 spiro atoms. The van der Waals surface area contributed by atoms with E-state index in [1.165, 1.54) is 0 Å². The van der Waals surface area contributed by atoms with Crippen molar-refractivity contribution in [2.45, 2.75) is 26.3 Å². The molecule has 0 aliphatic rings. The van der Waals surface area contributed by atoms with Crippen LogP contribution in [-0.2, 0) is 6.54 Å². The van der Waals surface area contributed by atoms with Gasteiger partial charge in [0.2, 0.25) is 0 Å². The monoisotopic (exact) mass is 400 g/mol. The largest absolute Gasteiger partial charge is 0.494 e. The third kappa shape index (κ3) is 4.49. The van der Waals surface area contributed by atoms with Crippen LogP contribution in [0.15, 0.2) is 73.2 Å². The molecule has 2 aromatic heterocycles. The smallest absolute Gasteiger partial charge is 0.251 e. The average molecular weight is 400 g/mol. The lowest BCUT2D eigenvalue weighted by Crippen LogP contribution is -2.22. The van der Waals surface area contributed by atoms with Gasteiger partial charge in [0.05, 0.1) is 17.6 Å². The van der Waals surface area contributed by atoms with Crippen LogP contribution in [0.2, 0.25) is 0 Å². The minimum absolute atomic E-state index is 0.125. The molecule has 0 atom stereocenters. The van der Waals surface area contributed by atoms with Crippen molar-refractivity contribution in [3.8, 4) is 11.6 Å². The number of carbonyl (C=O) groups excluding carboxylic acids is 1. The second kappa shape index (κ2) is 9.22. The van der Waals surface area contributed by atoms with Gasteiger partial charge in [0.25, 0.3) is 5.91 Å². The zero-order valence-electron chi connectivity index (χ0n) is 16.9. The second-order valence-electron chi connectivity index (χ2n) is 7.04. The highest BCUT2D eigenvalue weighted by Crippen LogP contribution is 2.17. The van der Waals surface area contributed by atoms with Gasteiger partial charge in [-0.3, -0.25) is 9.36 Å². The maximum Gasteiger partial charge on any atom is 0.251 e. The van der Waals surface area contributed by atoms with Gasteiger partial charge in [0.15, 0.2) is 0 Å². The molecule has 4 aromatic rings. The summed E-state index contributed by atoms with van der Waals surface area (Å²) in [5.41, 5.74) is 3.47. The van der Waals surface area contributed by atoms with E-state index >= 15 is 0 Å². The van der Waals surface area contributed by atoms with Crippen LogP contribution in [0.5, 0.6) is 5.75 Å². The first-order valence-corrected chi connectivity index (χ1v) is 10.1. The van der Waals surface area contributed by atoms with Crippen LogP contribution < -0.4 is 10.1 Å². The summed E-state index contributed by atoms with van der Waals surface area (Å²) in [5.74, 6) is 1.45. The molecule has 1 N–H and O–H groups in total. The fraction of sp³-hybridized carbons (Fsp3) is 0.208. The normalized spacial score (nSPS) is 10.8. The SMILES string of the molecule is CCCCOc1ccc(C(=O)NCc2ccc(-n3cnc4ccccc43)nc2)cc1. The fourth-order valence-electron chi connectivity index (χ4n) is 3.13. The molecule has 1 amide bonds. The van der Waals surface area contributed by atoms with Crippen LogP contribution in [-0.4, -0.2) is 27.0 Å². The van der Waals surface area contributed by atoms with Crippen LogP contribution in [0.4, 0.5) is 0 Å². The molecule has 0 fully saturated rings. The number of benzene rings is 2. The van der Waals surface area contributed by atoms with Gasteiger partial charge in [0.1, 0.15) is 17.9 Å². The summed E-state index contributed by atoms with van der Waals surface area (Å²) in [6.07, 6.45) is 5.65. The zero-order valence-corrected chi connectivity index (χ0v) is 16.9. The fourth-order valence-corrected chi connectivity index (χ4v) is 3.13. The van der Waals surface area contributed by atoms with Crippen LogP contribution in [0, 0.1) is 0 Å².